The summed E-state index contributed by atoms with van der Waals surface area (Å²) in [5.74, 6) is 2.26. The van der Waals surface area contributed by atoms with Gasteiger partial charge in [-0.3, -0.25) is 19.4 Å². The van der Waals surface area contributed by atoms with Gasteiger partial charge in [-0.25, -0.2) is 9.48 Å². The van der Waals surface area contributed by atoms with E-state index < -0.39 is 0 Å². The molecule has 1 saturated heterocycles. The van der Waals surface area contributed by atoms with Crippen molar-refractivity contribution in [3.63, 3.8) is 0 Å². The molecule has 4 N–H and O–H groups in total. The van der Waals surface area contributed by atoms with Crippen LogP contribution in [0.4, 0.5) is 10.6 Å². The van der Waals surface area contributed by atoms with Gasteiger partial charge >= 0.3 is 6.03 Å². The molecule has 2 aliphatic rings. The number of urea groups is 1. The quantitative estimate of drug-likeness (QED) is 0.152. The monoisotopic (exact) mass is 680 g/mol. The summed E-state index contributed by atoms with van der Waals surface area (Å²) >= 11 is 0. The number of fused-ring (bicyclic) bond motifs is 2. The molecular formula is C37H44N8O5. The van der Waals surface area contributed by atoms with Gasteiger partial charge in [0.25, 0.3) is 6.47 Å². The molecule has 3 aromatic heterocycles. The van der Waals surface area contributed by atoms with E-state index in [-0.39, 0.29) is 42.7 Å². The summed E-state index contributed by atoms with van der Waals surface area (Å²) in [7, 11) is 2.14. The minimum Gasteiger partial charge on any atom is -0.484 e. The van der Waals surface area contributed by atoms with E-state index in [1.54, 1.807) is 4.68 Å². The van der Waals surface area contributed by atoms with E-state index in [1.807, 2.05) is 60.8 Å². The van der Waals surface area contributed by atoms with Crippen molar-refractivity contribution in [2.75, 3.05) is 18.9 Å². The summed E-state index contributed by atoms with van der Waals surface area (Å²) < 4.78 is 10.4. The minimum atomic E-state index is -0.313. The number of aliphatic hydroxyl groups excluding tert-OH is 1. The molecule has 1 fully saturated rings. The van der Waals surface area contributed by atoms with Crippen LogP contribution in [-0.4, -0.2) is 65.6 Å². The highest BCUT2D eigenvalue weighted by Gasteiger charge is 2.31. The standard InChI is InChI=1S/C36H42N8O3.CH2O2/c1-36(2,3)31-20-33(44(41-31)24-10-7-9-23(19-24)22-45)38-35(46)37-28-15-16-30(27-12-6-5-11-26(27)28)47-25-14-17-32-39-40-34(43(32)21-25)29-13-8-18-42(29)4;2-1-3/h5-7,9-12,14,17,19-21,28-30,45H,8,13,15-16,18,22H2,1-4H3,(H2,37,38,46);1H,(H,2,3)/t28-,29-,30+;/m0./s1. The normalized spacial score (nSPS) is 18.9. The second-order valence-corrected chi connectivity index (χ2v) is 13.8. The predicted molar refractivity (Wildman–Crippen MR) is 188 cm³/mol. The number of carbonyl (C=O) groups excluding carboxylic acids is 1. The van der Waals surface area contributed by atoms with Crippen LogP contribution in [0.25, 0.3) is 11.3 Å². The molecule has 0 unspecified atom stereocenters. The van der Waals surface area contributed by atoms with Gasteiger partial charge in [-0.1, -0.05) is 57.2 Å². The molecule has 0 radical (unpaired) electrons. The van der Waals surface area contributed by atoms with Crippen molar-refractivity contribution in [1.29, 1.82) is 0 Å². The number of pyridine rings is 1. The molecule has 13 nitrogen and oxygen atoms in total. The van der Waals surface area contributed by atoms with Crippen LogP contribution >= 0.6 is 0 Å². The van der Waals surface area contributed by atoms with Crippen LogP contribution in [0.5, 0.6) is 5.75 Å². The lowest BCUT2D eigenvalue weighted by Gasteiger charge is -2.32. The Morgan fingerprint density at radius 1 is 1.02 bits per heavy atom. The Hall–Kier alpha value is -5.27. The van der Waals surface area contributed by atoms with Crippen LogP contribution in [0.15, 0.2) is 72.9 Å². The Morgan fingerprint density at radius 2 is 1.80 bits per heavy atom. The van der Waals surface area contributed by atoms with E-state index in [1.165, 1.54) is 0 Å². The third-order valence-electron chi connectivity index (χ3n) is 9.30. The van der Waals surface area contributed by atoms with Gasteiger partial charge < -0.3 is 20.3 Å². The van der Waals surface area contributed by atoms with Gasteiger partial charge in [0.2, 0.25) is 0 Å². The van der Waals surface area contributed by atoms with E-state index in [0.717, 1.165) is 71.1 Å². The number of benzene rings is 2. The zero-order valence-corrected chi connectivity index (χ0v) is 28.8. The maximum atomic E-state index is 13.5. The van der Waals surface area contributed by atoms with Crippen molar-refractivity contribution in [1.82, 2.24) is 34.6 Å². The number of aliphatic hydroxyl groups is 1. The van der Waals surface area contributed by atoms with E-state index in [4.69, 9.17) is 19.7 Å². The zero-order valence-electron chi connectivity index (χ0n) is 28.8. The molecule has 7 rings (SSSR count). The third-order valence-corrected chi connectivity index (χ3v) is 9.30. The highest BCUT2D eigenvalue weighted by atomic mass is 16.5. The summed E-state index contributed by atoms with van der Waals surface area (Å²) in [6, 6.07) is 21.2. The number of ether oxygens (including phenoxy) is 1. The number of anilines is 1. The number of amides is 2. The number of aromatic nitrogens is 5. The highest BCUT2D eigenvalue weighted by molar-refractivity contribution is 5.89. The summed E-state index contributed by atoms with van der Waals surface area (Å²) in [5.41, 5.74) is 5.06. The van der Waals surface area contributed by atoms with Gasteiger partial charge in [-0.2, -0.15) is 5.10 Å². The van der Waals surface area contributed by atoms with Crippen LogP contribution in [0, 0.1) is 0 Å². The number of carbonyl (C=O) groups is 2. The number of nitrogens with one attached hydrogen (secondary N) is 2. The predicted octanol–water partition coefficient (Wildman–Crippen LogP) is 5.95. The van der Waals surface area contributed by atoms with Crippen molar-refractivity contribution >= 4 is 24.0 Å². The molecule has 2 amide bonds. The molecule has 262 valence electrons. The number of carboxylic acid groups (broad SMARTS) is 1. The highest BCUT2D eigenvalue weighted by Crippen LogP contribution is 2.39. The van der Waals surface area contributed by atoms with Gasteiger partial charge in [0.1, 0.15) is 17.7 Å². The first kappa shape index (κ1) is 34.6. The van der Waals surface area contributed by atoms with Crippen LogP contribution < -0.4 is 15.4 Å². The Morgan fingerprint density at radius 3 is 2.52 bits per heavy atom. The maximum absolute atomic E-state index is 13.5. The first-order chi connectivity index (χ1) is 24.1. The minimum absolute atomic E-state index is 0.0786. The lowest BCUT2D eigenvalue weighted by Crippen LogP contribution is -2.36. The molecule has 4 heterocycles. The fourth-order valence-electron chi connectivity index (χ4n) is 6.74. The second-order valence-electron chi connectivity index (χ2n) is 13.8. The van der Waals surface area contributed by atoms with Crippen molar-refractivity contribution in [2.45, 2.75) is 76.7 Å². The summed E-state index contributed by atoms with van der Waals surface area (Å²) in [5, 5.41) is 36.6. The van der Waals surface area contributed by atoms with Crippen LogP contribution in [0.1, 0.15) is 92.9 Å². The molecule has 50 heavy (non-hydrogen) atoms. The molecule has 5 aromatic rings. The van der Waals surface area contributed by atoms with E-state index in [2.05, 4.69) is 70.1 Å². The topological polar surface area (TPSA) is 159 Å². The van der Waals surface area contributed by atoms with E-state index >= 15 is 0 Å². The van der Waals surface area contributed by atoms with Crippen LogP contribution in [0.2, 0.25) is 0 Å². The molecule has 3 atom stereocenters. The summed E-state index contributed by atoms with van der Waals surface area (Å²) in [6.07, 6.45) is 5.51. The lowest BCUT2D eigenvalue weighted by molar-refractivity contribution is -0.122. The van der Waals surface area contributed by atoms with Crippen molar-refractivity contribution in [3.8, 4) is 11.4 Å². The number of hydrogen-bond acceptors (Lipinski definition) is 8. The summed E-state index contributed by atoms with van der Waals surface area (Å²) in [4.78, 5) is 24.2. The Bertz CT molecular complexity index is 1960. The Balaban J connectivity index is 0.00000139. The molecule has 0 saturated carbocycles. The molecular weight excluding hydrogens is 636 g/mol. The first-order valence-electron chi connectivity index (χ1n) is 16.9. The smallest absolute Gasteiger partial charge is 0.320 e. The fourth-order valence-corrected chi connectivity index (χ4v) is 6.74. The SMILES string of the molecule is CN1CCC[C@H]1c1nnc2ccc(O[C@@H]3CC[C@H](NC(=O)Nc4cc(C(C)(C)C)nn4-c4cccc(CO)c4)c4ccccc43)cn12.O=CO. The summed E-state index contributed by atoms with van der Waals surface area (Å²) in [6.45, 7) is 6.99. The molecule has 0 bridgehead atoms. The molecule has 2 aromatic carbocycles. The Labute approximate surface area is 290 Å². The van der Waals surface area contributed by atoms with Gasteiger partial charge in [-0.05, 0) is 80.2 Å². The van der Waals surface area contributed by atoms with Gasteiger partial charge in [0, 0.05) is 11.5 Å². The van der Waals surface area contributed by atoms with Crippen molar-refractivity contribution in [2.24, 2.45) is 0 Å². The number of likely N-dealkylation sites (tertiary alicyclic amines) is 1. The number of hydrogen-bond donors (Lipinski definition) is 4. The number of rotatable bonds is 7. The molecule has 1 aliphatic heterocycles. The van der Waals surface area contributed by atoms with E-state index in [9.17, 15) is 9.90 Å². The zero-order chi connectivity index (χ0) is 35.4. The van der Waals surface area contributed by atoms with Gasteiger partial charge in [0.05, 0.1) is 36.3 Å². The van der Waals surface area contributed by atoms with Crippen molar-refractivity contribution < 1.29 is 24.5 Å². The van der Waals surface area contributed by atoms with E-state index in [0.29, 0.717) is 12.2 Å². The average molecular weight is 681 g/mol. The molecule has 13 heteroatoms. The molecule has 1 aliphatic carbocycles. The Kier molecular flexibility index (Phi) is 10.2. The first-order valence-corrected chi connectivity index (χ1v) is 16.9. The van der Waals surface area contributed by atoms with Crippen LogP contribution in [0.3, 0.4) is 0 Å². The third kappa shape index (κ3) is 7.33. The van der Waals surface area contributed by atoms with Crippen LogP contribution in [-0.2, 0) is 16.8 Å². The van der Waals surface area contributed by atoms with Gasteiger partial charge in [0.15, 0.2) is 11.5 Å². The van der Waals surface area contributed by atoms with Crippen molar-refractivity contribution in [3.05, 3.63) is 101 Å². The number of nitrogens with zero attached hydrogens (tertiary/aromatic N) is 6. The largest absolute Gasteiger partial charge is 0.484 e. The average Bonchev–Trinajstić information content (AvgIpc) is 3.84. The molecule has 0 spiro atoms. The van der Waals surface area contributed by atoms with Gasteiger partial charge in [-0.15, -0.1) is 10.2 Å². The maximum Gasteiger partial charge on any atom is 0.320 e. The lowest BCUT2D eigenvalue weighted by atomic mass is 9.85. The second kappa shape index (κ2) is 14.7. The fraction of sp³-hybridized carbons (Fsp3) is 0.378.